The van der Waals surface area contributed by atoms with Gasteiger partial charge in [-0.15, -0.1) is 0 Å². The number of halogens is 1. The van der Waals surface area contributed by atoms with Gasteiger partial charge < -0.3 is 5.11 Å². The Hall–Kier alpha value is -0.860. The zero-order chi connectivity index (χ0) is 9.84. The zero-order valence-electron chi connectivity index (χ0n) is 7.38. The van der Waals surface area contributed by atoms with Crippen molar-refractivity contribution in [1.82, 2.24) is 0 Å². The molecule has 0 unspecified atom stereocenters. The quantitative estimate of drug-likeness (QED) is 0.758. The van der Waals surface area contributed by atoms with Crippen molar-refractivity contribution in [1.29, 1.82) is 0 Å². The first-order valence-electron chi connectivity index (χ1n) is 4.12. The summed E-state index contributed by atoms with van der Waals surface area (Å²) >= 11 is 5.82. The monoisotopic (exact) mass is 198 g/mol. The third-order valence-electron chi connectivity index (χ3n) is 1.90. The minimum absolute atomic E-state index is 0.00606. The first-order valence-corrected chi connectivity index (χ1v) is 4.50. The smallest absolute Gasteiger partial charge is 0.163 e. The van der Waals surface area contributed by atoms with Crippen LogP contribution in [-0.4, -0.2) is 10.9 Å². The second kappa shape index (κ2) is 4.40. The maximum atomic E-state index is 11.4. The molecular formula is C10H11ClO2. The number of aliphatic hydroxyl groups is 1. The highest BCUT2D eigenvalue weighted by Crippen LogP contribution is 2.20. The number of Topliss-reactive ketones (excluding diaryl/α,β-unsaturated/α-hetero) is 1. The van der Waals surface area contributed by atoms with Crippen molar-refractivity contribution in [2.75, 3.05) is 0 Å². The summed E-state index contributed by atoms with van der Waals surface area (Å²) < 4.78 is 0. The SMILES string of the molecule is CCC(=O)c1cccc(Cl)c1CO. The van der Waals surface area contributed by atoms with Crippen LogP contribution in [-0.2, 0) is 6.61 Å². The number of carbonyl (C=O) groups excluding carboxylic acids is 1. The Bertz CT molecular complexity index is 321. The molecule has 70 valence electrons. The van der Waals surface area contributed by atoms with Crippen LogP contribution in [0.2, 0.25) is 5.02 Å². The molecule has 0 heterocycles. The van der Waals surface area contributed by atoms with Gasteiger partial charge in [-0.25, -0.2) is 0 Å². The molecule has 0 radical (unpaired) electrons. The van der Waals surface area contributed by atoms with Crippen molar-refractivity contribution in [2.24, 2.45) is 0 Å². The first kappa shape index (κ1) is 10.2. The summed E-state index contributed by atoms with van der Waals surface area (Å²) in [5, 5.41) is 9.45. The summed E-state index contributed by atoms with van der Waals surface area (Å²) in [5.74, 6) is 0.00606. The number of benzene rings is 1. The van der Waals surface area contributed by atoms with Gasteiger partial charge in [-0.1, -0.05) is 30.7 Å². The topological polar surface area (TPSA) is 37.3 Å². The highest BCUT2D eigenvalue weighted by Gasteiger charge is 2.10. The van der Waals surface area contributed by atoms with E-state index < -0.39 is 0 Å². The number of rotatable bonds is 3. The Labute approximate surface area is 82.2 Å². The minimum Gasteiger partial charge on any atom is -0.392 e. The molecule has 1 aromatic carbocycles. The number of aliphatic hydroxyl groups excluding tert-OH is 1. The van der Waals surface area contributed by atoms with Crippen LogP contribution in [0.4, 0.5) is 0 Å². The molecule has 1 rings (SSSR count). The predicted molar refractivity (Wildman–Crippen MR) is 52.0 cm³/mol. The van der Waals surface area contributed by atoms with E-state index in [1.807, 2.05) is 0 Å². The second-order valence-electron chi connectivity index (χ2n) is 2.70. The van der Waals surface area contributed by atoms with Crippen LogP contribution in [0.1, 0.15) is 29.3 Å². The molecule has 1 aromatic rings. The summed E-state index contributed by atoms with van der Waals surface area (Å²) in [5.41, 5.74) is 1.05. The van der Waals surface area contributed by atoms with Crippen LogP contribution in [0.5, 0.6) is 0 Å². The summed E-state index contributed by atoms with van der Waals surface area (Å²) in [6.07, 6.45) is 0.424. The van der Waals surface area contributed by atoms with Gasteiger partial charge in [0, 0.05) is 22.6 Å². The average Bonchev–Trinajstić information content (AvgIpc) is 2.16. The van der Waals surface area contributed by atoms with Crippen molar-refractivity contribution < 1.29 is 9.90 Å². The minimum atomic E-state index is -0.194. The fourth-order valence-electron chi connectivity index (χ4n) is 1.17. The molecule has 0 spiro atoms. The van der Waals surface area contributed by atoms with Gasteiger partial charge in [-0.2, -0.15) is 0 Å². The molecule has 0 amide bonds. The van der Waals surface area contributed by atoms with Crippen molar-refractivity contribution in [3.63, 3.8) is 0 Å². The van der Waals surface area contributed by atoms with Gasteiger partial charge in [-0.05, 0) is 6.07 Å². The highest BCUT2D eigenvalue weighted by molar-refractivity contribution is 6.31. The lowest BCUT2D eigenvalue weighted by Gasteiger charge is -2.06. The molecule has 0 aromatic heterocycles. The Balaban J connectivity index is 3.20. The summed E-state index contributed by atoms with van der Waals surface area (Å²) in [7, 11) is 0. The molecule has 0 atom stereocenters. The Morgan fingerprint density at radius 2 is 2.23 bits per heavy atom. The number of hydrogen-bond donors (Lipinski definition) is 1. The molecule has 2 nitrogen and oxygen atoms in total. The fraction of sp³-hybridized carbons (Fsp3) is 0.300. The maximum absolute atomic E-state index is 11.4. The van der Waals surface area contributed by atoms with Crippen LogP contribution in [0.25, 0.3) is 0 Å². The van der Waals surface area contributed by atoms with Gasteiger partial charge in [-0.3, -0.25) is 4.79 Å². The third kappa shape index (κ3) is 2.08. The predicted octanol–water partition coefficient (Wildman–Crippen LogP) is 2.43. The molecule has 0 saturated carbocycles. The van der Waals surface area contributed by atoms with Crippen molar-refractivity contribution in [2.45, 2.75) is 20.0 Å². The molecule has 0 aliphatic heterocycles. The first-order chi connectivity index (χ1) is 6.20. The van der Waals surface area contributed by atoms with Gasteiger partial charge in [0.25, 0.3) is 0 Å². The van der Waals surface area contributed by atoms with Crippen molar-refractivity contribution >= 4 is 17.4 Å². The standard InChI is InChI=1S/C10H11ClO2/c1-2-10(13)7-4-3-5-9(11)8(7)6-12/h3-5,12H,2,6H2,1H3. The van der Waals surface area contributed by atoms with Gasteiger partial charge in [0.1, 0.15) is 0 Å². The van der Waals surface area contributed by atoms with Gasteiger partial charge in [0.2, 0.25) is 0 Å². The van der Waals surface area contributed by atoms with Gasteiger partial charge in [0.15, 0.2) is 5.78 Å². The number of hydrogen-bond acceptors (Lipinski definition) is 2. The van der Waals surface area contributed by atoms with E-state index in [0.717, 1.165) is 0 Å². The van der Waals surface area contributed by atoms with E-state index in [-0.39, 0.29) is 12.4 Å². The molecular weight excluding hydrogens is 188 g/mol. The molecule has 0 saturated heterocycles. The van der Waals surface area contributed by atoms with Crippen LogP contribution in [0, 0.1) is 0 Å². The van der Waals surface area contributed by atoms with E-state index in [2.05, 4.69) is 0 Å². The van der Waals surface area contributed by atoms with E-state index in [9.17, 15) is 4.79 Å². The third-order valence-corrected chi connectivity index (χ3v) is 2.25. The number of ketones is 1. The number of carbonyl (C=O) groups is 1. The Morgan fingerprint density at radius 3 is 2.77 bits per heavy atom. The van der Waals surface area contributed by atoms with E-state index in [1.165, 1.54) is 0 Å². The Kier molecular flexibility index (Phi) is 3.46. The molecule has 0 bridgehead atoms. The van der Waals surface area contributed by atoms with Gasteiger partial charge in [0.05, 0.1) is 6.61 Å². The fourth-order valence-corrected chi connectivity index (χ4v) is 1.41. The molecule has 1 N–H and O–H groups in total. The Morgan fingerprint density at radius 1 is 1.54 bits per heavy atom. The summed E-state index contributed by atoms with van der Waals surface area (Å²) in [6.45, 7) is 1.59. The van der Waals surface area contributed by atoms with Crippen LogP contribution < -0.4 is 0 Å². The van der Waals surface area contributed by atoms with E-state index in [4.69, 9.17) is 16.7 Å². The van der Waals surface area contributed by atoms with E-state index >= 15 is 0 Å². The zero-order valence-corrected chi connectivity index (χ0v) is 8.14. The normalized spacial score (nSPS) is 10.1. The summed E-state index contributed by atoms with van der Waals surface area (Å²) in [4.78, 5) is 11.4. The maximum Gasteiger partial charge on any atom is 0.163 e. The highest BCUT2D eigenvalue weighted by atomic mass is 35.5. The lowest BCUT2D eigenvalue weighted by Crippen LogP contribution is -2.02. The van der Waals surface area contributed by atoms with E-state index in [1.54, 1.807) is 25.1 Å². The van der Waals surface area contributed by atoms with Crippen LogP contribution >= 0.6 is 11.6 Å². The summed E-state index contributed by atoms with van der Waals surface area (Å²) in [6, 6.07) is 5.06. The largest absolute Gasteiger partial charge is 0.392 e. The van der Waals surface area contributed by atoms with Crippen molar-refractivity contribution in [3.05, 3.63) is 34.3 Å². The molecule has 13 heavy (non-hydrogen) atoms. The van der Waals surface area contributed by atoms with E-state index in [0.29, 0.717) is 22.6 Å². The molecule has 3 heteroatoms. The van der Waals surface area contributed by atoms with Crippen molar-refractivity contribution in [3.8, 4) is 0 Å². The van der Waals surface area contributed by atoms with Crippen LogP contribution in [0.15, 0.2) is 18.2 Å². The van der Waals surface area contributed by atoms with Gasteiger partial charge >= 0.3 is 0 Å². The average molecular weight is 199 g/mol. The molecule has 0 aliphatic rings. The molecule has 0 aliphatic carbocycles. The molecule has 0 fully saturated rings. The van der Waals surface area contributed by atoms with Crippen LogP contribution in [0.3, 0.4) is 0 Å². The second-order valence-corrected chi connectivity index (χ2v) is 3.11. The lowest BCUT2D eigenvalue weighted by molar-refractivity contribution is 0.0985. The lowest BCUT2D eigenvalue weighted by atomic mass is 10.0.